The molecule has 0 spiro atoms. The first-order valence-corrected chi connectivity index (χ1v) is 9.82. The zero-order valence-electron chi connectivity index (χ0n) is 17.6. The summed E-state index contributed by atoms with van der Waals surface area (Å²) >= 11 is 0. The van der Waals surface area contributed by atoms with Gasteiger partial charge < -0.3 is 19.2 Å². The molecule has 156 valence electrons. The van der Waals surface area contributed by atoms with E-state index in [1.165, 1.54) is 0 Å². The molecule has 29 heavy (non-hydrogen) atoms. The number of Topliss-reactive ketones (excluding diaryl/α,β-unsaturated/α-hetero) is 1. The molecule has 0 radical (unpaired) electrons. The van der Waals surface area contributed by atoms with E-state index in [2.05, 4.69) is 4.98 Å². The van der Waals surface area contributed by atoms with Crippen molar-refractivity contribution in [2.75, 3.05) is 26.9 Å². The Kier molecular flexibility index (Phi) is 6.27. The fraction of sp³-hybridized carbons (Fsp3) is 0.455. The Morgan fingerprint density at radius 1 is 1.21 bits per heavy atom. The fourth-order valence-corrected chi connectivity index (χ4v) is 3.53. The van der Waals surface area contributed by atoms with Crippen LogP contribution in [0.15, 0.2) is 18.2 Å². The molecule has 0 aliphatic carbocycles. The van der Waals surface area contributed by atoms with Crippen molar-refractivity contribution in [2.45, 2.75) is 40.3 Å². The Labute approximate surface area is 170 Å². The Morgan fingerprint density at radius 2 is 1.90 bits per heavy atom. The number of aryl methyl sites for hydroxylation is 1. The predicted octanol–water partition coefficient (Wildman–Crippen LogP) is 3.28. The number of esters is 1. The number of nitrogens with one attached hydrogen (secondary N) is 1. The monoisotopic (exact) mass is 400 g/mol. The predicted molar refractivity (Wildman–Crippen MR) is 109 cm³/mol. The number of nitrogens with zero attached hydrogens (tertiary/aromatic N) is 1. The first-order valence-electron chi connectivity index (χ1n) is 9.82. The lowest BCUT2D eigenvalue weighted by molar-refractivity contribution is 0.0525. The molecule has 7 nitrogen and oxygen atoms in total. The van der Waals surface area contributed by atoms with E-state index in [0.29, 0.717) is 48.9 Å². The largest absolute Gasteiger partial charge is 0.486 e. The highest BCUT2D eigenvalue weighted by molar-refractivity contribution is 6.03. The van der Waals surface area contributed by atoms with Gasteiger partial charge in [0, 0.05) is 12.2 Å². The van der Waals surface area contributed by atoms with Crippen molar-refractivity contribution < 1.29 is 23.8 Å². The normalized spacial score (nSPS) is 14.0. The molecule has 0 amide bonds. The van der Waals surface area contributed by atoms with Gasteiger partial charge in [0.2, 0.25) is 0 Å². The van der Waals surface area contributed by atoms with Crippen LogP contribution >= 0.6 is 0 Å². The second kappa shape index (κ2) is 8.69. The van der Waals surface area contributed by atoms with E-state index in [1.54, 1.807) is 20.8 Å². The smallest absolute Gasteiger partial charge is 0.340 e. The SMILES string of the molecule is CCOC(=O)c1c(C)[nH]c(C(=O)[C@H](C)N(C)Cc2ccc3c(c2)OCCO3)c1C. The third-order valence-corrected chi connectivity index (χ3v) is 5.24. The van der Waals surface area contributed by atoms with Crippen molar-refractivity contribution in [1.82, 2.24) is 9.88 Å². The molecule has 1 N–H and O–H groups in total. The van der Waals surface area contributed by atoms with Crippen LogP contribution in [0.25, 0.3) is 0 Å². The maximum Gasteiger partial charge on any atom is 0.340 e. The Morgan fingerprint density at radius 3 is 2.59 bits per heavy atom. The highest BCUT2D eigenvalue weighted by atomic mass is 16.6. The topological polar surface area (TPSA) is 80.9 Å². The molecule has 7 heteroatoms. The van der Waals surface area contributed by atoms with Crippen LogP contribution in [0.3, 0.4) is 0 Å². The molecule has 0 bridgehead atoms. The maximum atomic E-state index is 13.1. The number of hydrogen-bond acceptors (Lipinski definition) is 6. The van der Waals surface area contributed by atoms with Gasteiger partial charge in [-0.1, -0.05) is 6.07 Å². The van der Waals surface area contributed by atoms with Crippen LogP contribution in [0.4, 0.5) is 0 Å². The summed E-state index contributed by atoms with van der Waals surface area (Å²) in [7, 11) is 1.90. The molecular weight excluding hydrogens is 372 g/mol. The van der Waals surface area contributed by atoms with Crippen molar-refractivity contribution in [2.24, 2.45) is 0 Å². The number of aromatic nitrogens is 1. The summed E-state index contributed by atoms with van der Waals surface area (Å²) in [4.78, 5) is 30.3. The summed E-state index contributed by atoms with van der Waals surface area (Å²) in [6.45, 7) is 9.14. The Bertz CT molecular complexity index is 918. The number of ketones is 1. The number of aromatic amines is 1. The minimum absolute atomic E-state index is 0.0683. The fourth-order valence-electron chi connectivity index (χ4n) is 3.53. The zero-order valence-corrected chi connectivity index (χ0v) is 17.6. The summed E-state index contributed by atoms with van der Waals surface area (Å²) in [5.74, 6) is 1.00. The molecular formula is C22H28N2O5. The minimum Gasteiger partial charge on any atom is -0.486 e. The first kappa shape index (κ1) is 20.9. The Balaban J connectivity index is 1.74. The highest BCUT2D eigenvalue weighted by Gasteiger charge is 2.27. The van der Waals surface area contributed by atoms with E-state index in [1.807, 2.05) is 37.1 Å². The molecule has 1 aliphatic heterocycles. The lowest BCUT2D eigenvalue weighted by atomic mass is 10.0. The maximum absolute atomic E-state index is 13.1. The van der Waals surface area contributed by atoms with Crippen LogP contribution in [0.5, 0.6) is 11.5 Å². The lowest BCUT2D eigenvalue weighted by Crippen LogP contribution is -2.36. The number of likely N-dealkylation sites (N-methyl/N-ethyl adjacent to an activating group) is 1. The quantitative estimate of drug-likeness (QED) is 0.567. The van der Waals surface area contributed by atoms with Gasteiger partial charge in [-0.05, 0) is 58.0 Å². The van der Waals surface area contributed by atoms with E-state index in [9.17, 15) is 9.59 Å². The van der Waals surface area contributed by atoms with Gasteiger partial charge in [-0.15, -0.1) is 0 Å². The average molecular weight is 400 g/mol. The van der Waals surface area contributed by atoms with Crippen LogP contribution in [-0.2, 0) is 11.3 Å². The third kappa shape index (κ3) is 4.29. The van der Waals surface area contributed by atoms with E-state index in [-0.39, 0.29) is 11.8 Å². The number of H-pyrrole nitrogens is 1. The minimum atomic E-state index is -0.407. The van der Waals surface area contributed by atoms with E-state index in [0.717, 1.165) is 17.1 Å². The van der Waals surface area contributed by atoms with Crippen LogP contribution in [0, 0.1) is 13.8 Å². The Hall–Kier alpha value is -2.80. The number of carbonyl (C=O) groups is 2. The molecule has 0 unspecified atom stereocenters. The van der Waals surface area contributed by atoms with Gasteiger partial charge in [0.1, 0.15) is 13.2 Å². The van der Waals surface area contributed by atoms with E-state index in [4.69, 9.17) is 14.2 Å². The first-order chi connectivity index (χ1) is 13.8. The van der Waals surface area contributed by atoms with Crippen LogP contribution in [-0.4, -0.2) is 54.5 Å². The van der Waals surface area contributed by atoms with Gasteiger partial charge in [-0.2, -0.15) is 0 Å². The number of fused-ring (bicyclic) bond motifs is 1. The third-order valence-electron chi connectivity index (χ3n) is 5.24. The van der Waals surface area contributed by atoms with Gasteiger partial charge in [-0.3, -0.25) is 9.69 Å². The number of carbonyl (C=O) groups excluding carboxylic acids is 2. The molecule has 0 saturated heterocycles. The van der Waals surface area contributed by atoms with Crippen LogP contribution < -0.4 is 9.47 Å². The van der Waals surface area contributed by atoms with Crippen molar-refractivity contribution in [3.63, 3.8) is 0 Å². The number of hydrogen-bond donors (Lipinski definition) is 1. The molecule has 2 heterocycles. The standard InChI is InChI=1S/C22H28N2O5/c1-6-27-22(26)19-13(2)20(23-14(19)3)21(25)15(4)24(5)12-16-7-8-17-18(11-16)29-10-9-28-17/h7-8,11,15,23H,6,9-10,12H2,1-5H3/t15-/m0/s1. The van der Waals surface area contributed by atoms with E-state index >= 15 is 0 Å². The molecule has 1 atom stereocenters. The number of rotatable bonds is 7. The highest BCUT2D eigenvalue weighted by Crippen LogP contribution is 2.31. The molecule has 0 fully saturated rings. The summed E-state index contributed by atoms with van der Waals surface area (Å²) in [6.07, 6.45) is 0. The molecule has 3 rings (SSSR count). The molecule has 1 aromatic heterocycles. The van der Waals surface area contributed by atoms with Gasteiger partial charge >= 0.3 is 5.97 Å². The van der Waals surface area contributed by atoms with Crippen molar-refractivity contribution in [3.8, 4) is 11.5 Å². The summed E-state index contributed by atoms with van der Waals surface area (Å²) in [6, 6.07) is 5.44. The molecule has 1 aliphatic rings. The van der Waals surface area contributed by atoms with Gasteiger partial charge in [0.25, 0.3) is 0 Å². The number of ether oxygens (including phenoxy) is 3. The van der Waals surface area contributed by atoms with Crippen molar-refractivity contribution in [3.05, 3.63) is 46.3 Å². The van der Waals surface area contributed by atoms with Gasteiger partial charge in [0.15, 0.2) is 17.3 Å². The lowest BCUT2D eigenvalue weighted by Gasteiger charge is -2.25. The summed E-state index contributed by atoms with van der Waals surface area (Å²) < 4.78 is 16.3. The van der Waals surface area contributed by atoms with Gasteiger partial charge in [-0.25, -0.2) is 4.79 Å². The second-order valence-corrected chi connectivity index (χ2v) is 7.28. The number of benzene rings is 1. The second-order valence-electron chi connectivity index (χ2n) is 7.28. The van der Waals surface area contributed by atoms with E-state index < -0.39 is 5.97 Å². The van der Waals surface area contributed by atoms with Crippen LogP contribution in [0.1, 0.15) is 51.5 Å². The summed E-state index contributed by atoms with van der Waals surface area (Å²) in [5.41, 5.74) is 3.20. The molecule has 2 aromatic rings. The van der Waals surface area contributed by atoms with Crippen molar-refractivity contribution in [1.29, 1.82) is 0 Å². The van der Waals surface area contributed by atoms with Crippen molar-refractivity contribution >= 4 is 11.8 Å². The molecule has 0 saturated carbocycles. The van der Waals surface area contributed by atoms with Crippen LogP contribution in [0.2, 0.25) is 0 Å². The van der Waals surface area contributed by atoms with Gasteiger partial charge in [0.05, 0.1) is 23.9 Å². The molecule has 1 aromatic carbocycles. The summed E-state index contributed by atoms with van der Waals surface area (Å²) in [5, 5.41) is 0. The average Bonchev–Trinajstić information content (AvgIpc) is 3.01. The zero-order chi connectivity index (χ0) is 21.1.